The summed E-state index contributed by atoms with van der Waals surface area (Å²) in [4.78, 5) is 18.8. The van der Waals surface area contributed by atoms with E-state index >= 15 is 0 Å². The van der Waals surface area contributed by atoms with Crippen LogP contribution in [-0.2, 0) is 22.6 Å². The minimum atomic E-state index is -0.523. The number of benzene rings is 1. The number of aryl methyl sites for hydroxylation is 1. The van der Waals surface area contributed by atoms with Gasteiger partial charge in [0.05, 0.1) is 37.6 Å². The van der Waals surface area contributed by atoms with E-state index in [9.17, 15) is 4.79 Å². The number of methoxy groups -OCH3 is 1. The number of nitrogens with one attached hydrogen (secondary N) is 1. The van der Waals surface area contributed by atoms with Crippen LogP contribution in [0.5, 0.6) is 0 Å². The molecule has 1 aliphatic heterocycles. The van der Waals surface area contributed by atoms with E-state index in [1.54, 1.807) is 18.1 Å². The monoisotopic (exact) mass is 478 g/mol. The number of tetrazole rings is 1. The van der Waals surface area contributed by atoms with E-state index in [1.165, 1.54) is 0 Å². The van der Waals surface area contributed by atoms with Gasteiger partial charge in [-0.2, -0.15) is 0 Å². The number of nitrogens with zero attached hydrogens (tertiary/aromatic N) is 5. The Balaban J connectivity index is 1.65. The molecular formula is C25H30N6O4. The van der Waals surface area contributed by atoms with Gasteiger partial charge in [0.2, 0.25) is 0 Å². The van der Waals surface area contributed by atoms with Crippen LogP contribution in [0.25, 0.3) is 10.9 Å². The highest BCUT2D eigenvalue weighted by atomic mass is 16.5. The molecule has 0 spiro atoms. The molecule has 0 amide bonds. The maximum Gasteiger partial charge on any atom is 0.253 e. The van der Waals surface area contributed by atoms with Crippen LogP contribution in [-0.4, -0.2) is 63.1 Å². The van der Waals surface area contributed by atoms with E-state index < -0.39 is 6.04 Å². The fourth-order valence-corrected chi connectivity index (χ4v) is 4.76. The van der Waals surface area contributed by atoms with Gasteiger partial charge in [-0.3, -0.25) is 9.69 Å². The third-order valence-corrected chi connectivity index (χ3v) is 6.49. The number of para-hydroxylation sites is 1. The predicted octanol–water partition coefficient (Wildman–Crippen LogP) is 2.83. The van der Waals surface area contributed by atoms with Gasteiger partial charge in [-0.25, -0.2) is 4.68 Å². The summed E-state index contributed by atoms with van der Waals surface area (Å²) in [6, 6.07) is 11.2. The lowest BCUT2D eigenvalue weighted by atomic mass is 10.0. The van der Waals surface area contributed by atoms with E-state index in [4.69, 9.17) is 13.9 Å². The average Bonchev–Trinajstić information content (AvgIpc) is 3.63. The Morgan fingerprint density at radius 2 is 2.23 bits per heavy atom. The molecule has 1 aromatic carbocycles. The van der Waals surface area contributed by atoms with Crippen LogP contribution < -0.4 is 5.56 Å². The van der Waals surface area contributed by atoms with Gasteiger partial charge in [-0.1, -0.05) is 18.2 Å². The number of ether oxygens (including phenoxy) is 2. The van der Waals surface area contributed by atoms with Crippen LogP contribution in [0.4, 0.5) is 0 Å². The number of fused-ring (bicyclic) bond motifs is 1. The minimum absolute atomic E-state index is 0.0533. The van der Waals surface area contributed by atoms with Gasteiger partial charge in [-0.15, -0.1) is 5.10 Å². The zero-order chi connectivity index (χ0) is 24.2. The molecule has 0 saturated carbocycles. The molecule has 0 bridgehead atoms. The van der Waals surface area contributed by atoms with Crippen molar-refractivity contribution in [1.29, 1.82) is 0 Å². The number of H-pyrrole nitrogens is 1. The Kier molecular flexibility index (Phi) is 7.03. The van der Waals surface area contributed by atoms with Crippen LogP contribution in [0.1, 0.15) is 41.6 Å². The van der Waals surface area contributed by atoms with Crippen LogP contribution >= 0.6 is 0 Å². The maximum atomic E-state index is 13.6. The fraction of sp³-hybridized carbons (Fsp3) is 0.440. The molecule has 10 heteroatoms. The SMILES string of the molecule is COCCn1nnnc1C(c1cc2cccc(C)c2[nH]c1=O)N(Cc1ccco1)CC1CCCO1. The van der Waals surface area contributed by atoms with Crippen molar-refractivity contribution in [2.45, 2.75) is 45.0 Å². The number of hydrogen-bond acceptors (Lipinski definition) is 8. The predicted molar refractivity (Wildman–Crippen MR) is 129 cm³/mol. The molecular weight excluding hydrogens is 448 g/mol. The van der Waals surface area contributed by atoms with E-state index in [2.05, 4.69) is 25.4 Å². The van der Waals surface area contributed by atoms with Gasteiger partial charge < -0.3 is 18.9 Å². The first-order valence-electron chi connectivity index (χ1n) is 11.9. The summed E-state index contributed by atoms with van der Waals surface area (Å²) in [6.45, 7) is 4.72. The fourth-order valence-electron chi connectivity index (χ4n) is 4.76. The normalized spacial score (nSPS) is 16.9. The molecule has 4 heterocycles. The van der Waals surface area contributed by atoms with Crippen molar-refractivity contribution in [2.24, 2.45) is 0 Å². The van der Waals surface area contributed by atoms with Gasteiger partial charge in [-0.05, 0) is 59.3 Å². The molecule has 2 atom stereocenters. The third kappa shape index (κ3) is 5.04. The standard InChI is InChI=1S/C25H30N6O4/c1-17-6-3-7-18-14-21(25(32)26-22(17)18)23(24-27-28-29-31(24)10-13-33-2)30(15-19-8-4-11-34-19)16-20-9-5-12-35-20/h3-4,6-8,11,14,20,23H,5,9-10,12-13,15-16H2,1-2H3,(H,26,32). The van der Waals surface area contributed by atoms with Crippen molar-refractivity contribution in [3.63, 3.8) is 0 Å². The molecule has 1 fully saturated rings. The Labute approximate surface area is 202 Å². The highest BCUT2D eigenvalue weighted by molar-refractivity contribution is 5.82. The third-order valence-electron chi connectivity index (χ3n) is 6.49. The lowest BCUT2D eigenvalue weighted by molar-refractivity contribution is 0.0541. The highest BCUT2D eigenvalue weighted by Crippen LogP contribution is 2.30. The summed E-state index contributed by atoms with van der Waals surface area (Å²) in [5.74, 6) is 1.36. The van der Waals surface area contributed by atoms with Crippen LogP contribution in [0, 0.1) is 6.92 Å². The van der Waals surface area contributed by atoms with Gasteiger partial charge >= 0.3 is 0 Å². The first-order valence-corrected chi connectivity index (χ1v) is 11.9. The highest BCUT2D eigenvalue weighted by Gasteiger charge is 2.33. The summed E-state index contributed by atoms with van der Waals surface area (Å²) in [7, 11) is 1.64. The Hall–Kier alpha value is -3.34. The van der Waals surface area contributed by atoms with Crippen molar-refractivity contribution in [3.8, 4) is 0 Å². The smallest absolute Gasteiger partial charge is 0.253 e. The van der Waals surface area contributed by atoms with Crippen molar-refractivity contribution in [3.05, 3.63) is 75.7 Å². The summed E-state index contributed by atoms with van der Waals surface area (Å²) in [5.41, 5.74) is 2.24. The second-order valence-electron chi connectivity index (χ2n) is 8.89. The van der Waals surface area contributed by atoms with Crippen molar-refractivity contribution < 1.29 is 13.9 Å². The van der Waals surface area contributed by atoms with Crippen molar-refractivity contribution in [1.82, 2.24) is 30.1 Å². The Morgan fingerprint density at radius 1 is 1.31 bits per heavy atom. The summed E-state index contributed by atoms with van der Waals surface area (Å²) in [6.07, 6.45) is 3.69. The van der Waals surface area contributed by atoms with Crippen molar-refractivity contribution >= 4 is 10.9 Å². The molecule has 3 aromatic heterocycles. The number of pyridine rings is 1. The first kappa shape index (κ1) is 23.4. The van der Waals surface area contributed by atoms with E-state index in [0.29, 0.717) is 37.6 Å². The molecule has 10 nitrogen and oxygen atoms in total. The molecule has 184 valence electrons. The number of hydrogen-bond donors (Lipinski definition) is 1. The number of aromatic nitrogens is 5. The largest absolute Gasteiger partial charge is 0.468 e. The molecule has 4 aromatic rings. The molecule has 0 radical (unpaired) electrons. The first-order chi connectivity index (χ1) is 17.1. The quantitative estimate of drug-likeness (QED) is 0.370. The van der Waals surface area contributed by atoms with Crippen molar-refractivity contribution in [2.75, 3.05) is 26.9 Å². The van der Waals surface area contributed by atoms with Gasteiger partial charge in [0.25, 0.3) is 5.56 Å². The molecule has 1 aliphatic rings. The Morgan fingerprint density at radius 3 is 3.00 bits per heavy atom. The lowest BCUT2D eigenvalue weighted by Crippen LogP contribution is -2.39. The van der Waals surface area contributed by atoms with Gasteiger partial charge in [0.15, 0.2) is 5.82 Å². The van der Waals surface area contributed by atoms with E-state index in [0.717, 1.165) is 41.7 Å². The molecule has 1 N–H and O–H groups in total. The summed E-state index contributed by atoms with van der Waals surface area (Å²) >= 11 is 0. The summed E-state index contributed by atoms with van der Waals surface area (Å²) in [5, 5.41) is 13.5. The van der Waals surface area contributed by atoms with Gasteiger partial charge in [0.1, 0.15) is 11.8 Å². The number of furan rings is 1. The Bertz CT molecular complexity index is 1310. The second kappa shape index (κ2) is 10.5. The van der Waals surface area contributed by atoms with Crippen LogP contribution in [0.15, 0.2) is 51.9 Å². The molecule has 35 heavy (non-hydrogen) atoms. The zero-order valence-corrected chi connectivity index (χ0v) is 20.0. The average molecular weight is 479 g/mol. The molecule has 2 unspecified atom stereocenters. The van der Waals surface area contributed by atoms with Crippen LogP contribution in [0.3, 0.4) is 0 Å². The van der Waals surface area contributed by atoms with Crippen LogP contribution in [0.2, 0.25) is 0 Å². The number of aromatic amines is 1. The van der Waals surface area contributed by atoms with E-state index in [1.807, 2.05) is 43.3 Å². The molecule has 5 rings (SSSR count). The molecule has 1 saturated heterocycles. The summed E-state index contributed by atoms with van der Waals surface area (Å²) < 4.78 is 18.7. The second-order valence-corrected chi connectivity index (χ2v) is 8.89. The lowest BCUT2D eigenvalue weighted by Gasteiger charge is -2.32. The maximum absolute atomic E-state index is 13.6. The zero-order valence-electron chi connectivity index (χ0n) is 20.0. The minimum Gasteiger partial charge on any atom is -0.468 e. The topological polar surface area (TPSA) is 111 Å². The van der Waals surface area contributed by atoms with E-state index in [-0.39, 0.29) is 11.7 Å². The molecule has 0 aliphatic carbocycles. The van der Waals surface area contributed by atoms with Gasteiger partial charge in [0, 0.05) is 25.8 Å². The number of rotatable bonds is 10.